The molecule has 0 aromatic heterocycles. The first-order chi connectivity index (χ1) is 12.3. The molecule has 0 spiro atoms. The van der Waals surface area contributed by atoms with Crippen molar-refractivity contribution in [2.75, 3.05) is 17.1 Å². The fourth-order valence-electron chi connectivity index (χ4n) is 2.61. The molecule has 8 heteroatoms. The highest BCUT2D eigenvalue weighted by atomic mass is 35.5. The molecule has 0 saturated heterocycles. The van der Waals surface area contributed by atoms with Gasteiger partial charge in [-0.1, -0.05) is 18.5 Å². The number of carbonyl (C=O) groups is 1. The maximum atomic E-state index is 12.8. The molecule has 1 aliphatic carbocycles. The SMILES string of the molecule is COc1ccc(NC(=O)C2CC2C)cc1S(=O)(=O)Nc1ccc(Cl)cc1. The molecule has 1 amide bonds. The quantitative estimate of drug-likeness (QED) is 0.781. The highest BCUT2D eigenvalue weighted by molar-refractivity contribution is 7.92. The number of hydrogen-bond acceptors (Lipinski definition) is 4. The predicted molar refractivity (Wildman–Crippen MR) is 101 cm³/mol. The third-order valence-electron chi connectivity index (χ3n) is 4.26. The Balaban J connectivity index is 1.87. The second-order valence-electron chi connectivity index (χ2n) is 6.29. The van der Waals surface area contributed by atoms with Gasteiger partial charge in [0.2, 0.25) is 5.91 Å². The zero-order valence-corrected chi connectivity index (χ0v) is 15.9. The lowest BCUT2D eigenvalue weighted by Gasteiger charge is -2.14. The van der Waals surface area contributed by atoms with Gasteiger partial charge in [0.05, 0.1) is 7.11 Å². The number of amides is 1. The second kappa shape index (κ2) is 7.17. The molecule has 2 N–H and O–H groups in total. The van der Waals surface area contributed by atoms with Crippen LogP contribution in [0.5, 0.6) is 5.75 Å². The average Bonchev–Trinajstić information content (AvgIpc) is 3.34. The van der Waals surface area contributed by atoms with Crippen molar-refractivity contribution < 1.29 is 17.9 Å². The summed E-state index contributed by atoms with van der Waals surface area (Å²) in [7, 11) is -2.52. The smallest absolute Gasteiger partial charge is 0.265 e. The Kier molecular flexibility index (Phi) is 5.11. The van der Waals surface area contributed by atoms with E-state index in [0.29, 0.717) is 22.3 Å². The lowest BCUT2D eigenvalue weighted by Crippen LogP contribution is -2.17. The number of methoxy groups -OCH3 is 1. The number of sulfonamides is 1. The van der Waals surface area contributed by atoms with Crippen molar-refractivity contribution in [2.45, 2.75) is 18.2 Å². The Morgan fingerprint density at radius 2 is 1.77 bits per heavy atom. The van der Waals surface area contributed by atoms with Gasteiger partial charge in [-0.2, -0.15) is 0 Å². The van der Waals surface area contributed by atoms with E-state index in [4.69, 9.17) is 16.3 Å². The van der Waals surface area contributed by atoms with E-state index in [0.717, 1.165) is 6.42 Å². The minimum absolute atomic E-state index is 0.00986. The molecular formula is C18H19ClN2O4S. The molecule has 1 saturated carbocycles. The molecule has 6 nitrogen and oxygen atoms in total. The van der Waals surface area contributed by atoms with Crippen LogP contribution in [0.2, 0.25) is 5.02 Å². The molecule has 0 heterocycles. The van der Waals surface area contributed by atoms with Gasteiger partial charge < -0.3 is 10.1 Å². The van der Waals surface area contributed by atoms with E-state index in [1.54, 1.807) is 30.3 Å². The van der Waals surface area contributed by atoms with Gasteiger partial charge in [0.1, 0.15) is 10.6 Å². The van der Waals surface area contributed by atoms with Gasteiger partial charge in [-0.25, -0.2) is 8.42 Å². The zero-order valence-electron chi connectivity index (χ0n) is 14.3. The fourth-order valence-corrected chi connectivity index (χ4v) is 4.00. The number of anilines is 2. The van der Waals surface area contributed by atoms with Gasteiger partial charge in [-0.3, -0.25) is 9.52 Å². The summed E-state index contributed by atoms with van der Waals surface area (Å²) in [5.41, 5.74) is 0.782. The number of hydrogen-bond donors (Lipinski definition) is 2. The lowest BCUT2D eigenvalue weighted by molar-refractivity contribution is -0.117. The van der Waals surface area contributed by atoms with Crippen molar-refractivity contribution in [1.82, 2.24) is 0 Å². The van der Waals surface area contributed by atoms with Crippen LogP contribution in [0.1, 0.15) is 13.3 Å². The molecule has 1 fully saturated rings. The van der Waals surface area contributed by atoms with Crippen LogP contribution in [0.3, 0.4) is 0 Å². The summed E-state index contributed by atoms with van der Waals surface area (Å²) in [5.74, 6) is 0.438. The molecule has 1 aliphatic rings. The summed E-state index contributed by atoms with van der Waals surface area (Å²) in [6, 6.07) is 10.8. The van der Waals surface area contributed by atoms with Crippen LogP contribution in [0.25, 0.3) is 0 Å². The molecule has 0 aliphatic heterocycles. The van der Waals surface area contributed by atoms with Gasteiger partial charge in [-0.05, 0) is 54.8 Å². The van der Waals surface area contributed by atoms with Crippen LogP contribution in [-0.2, 0) is 14.8 Å². The average molecular weight is 395 g/mol. The molecule has 3 rings (SSSR count). The van der Waals surface area contributed by atoms with Gasteiger partial charge in [-0.15, -0.1) is 0 Å². The zero-order chi connectivity index (χ0) is 18.9. The molecule has 2 aromatic carbocycles. The summed E-state index contributed by atoms with van der Waals surface area (Å²) in [6.07, 6.45) is 0.852. The monoisotopic (exact) mass is 394 g/mol. The molecule has 0 radical (unpaired) electrons. The van der Waals surface area contributed by atoms with Crippen LogP contribution in [0.4, 0.5) is 11.4 Å². The number of benzene rings is 2. The number of carbonyl (C=O) groups excluding carboxylic acids is 1. The summed E-state index contributed by atoms with van der Waals surface area (Å²) in [6.45, 7) is 2.00. The van der Waals surface area contributed by atoms with Gasteiger partial charge >= 0.3 is 0 Å². The molecule has 2 atom stereocenters. The molecule has 138 valence electrons. The van der Waals surface area contributed by atoms with Crippen molar-refractivity contribution in [3.63, 3.8) is 0 Å². The van der Waals surface area contributed by atoms with Crippen molar-refractivity contribution in [3.8, 4) is 5.75 Å². The van der Waals surface area contributed by atoms with Crippen molar-refractivity contribution >= 4 is 38.9 Å². The van der Waals surface area contributed by atoms with E-state index in [2.05, 4.69) is 10.0 Å². The van der Waals surface area contributed by atoms with E-state index >= 15 is 0 Å². The Bertz CT molecular complexity index is 929. The van der Waals surface area contributed by atoms with Gasteiger partial charge in [0.25, 0.3) is 10.0 Å². The van der Waals surface area contributed by atoms with Crippen LogP contribution < -0.4 is 14.8 Å². The highest BCUT2D eigenvalue weighted by Gasteiger charge is 2.39. The summed E-state index contributed by atoms with van der Waals surface area (Å²) in [5, 5.41) is 3.27. The summed E-state index contributed by atoms with van der Waals surface area (Å²) in [4.78, 5) is 12.0. The topological polar surface area (TPSA) is 84.5 Å². The highest BCUT2D eigenvalue weighted by Crippen LogP contribution is 2.39. The summed E-state index contributed by atoms with van der Waals surface area (Å²) >= 11 is 5.82. The van der Waals surface area contributed by atoms with E-state index in [9.17, 15) is 13.2 Å². The minimum Gasteiger partial charge on any atom is -0.495 e. The van der Waals surface area contributed by atoms with Gasteiger partial charge in [0, 0.05) is 22.3 Å². The number of ether oxygens (including phenoxy) is 1. The fraction of sp³-hybridized carbons (Fsp3) is 0.278. The number of rotatable bonds is 6. The first-order valence-corrected chi connectivity index (χ1v) is 9.93. The third kappa shape index (κ3) is 4.11. The Morgan fingerprint density at radius 1 is 1.15 bits per heavy atom. The molecule has 2 unspecified atom stereocenters. The van der Waals surface area contributed by atoms with Crippen molar-refractivity contribution in [1.29, 1.82) is 0 Å². The largest absolute Gasteiger partial charge is 0.495 e. The Labute approximate surface area is 157 Å². The van der Waals surface area contributed by atoms with Crippen LogP contribution >= 0.6 is 11.6 Å². The Hall–Kier alpha value is -2.25. The van der Waals surface area contributed by atoms with Gasteiger partial charge in [0.15, 0.2) is 0 Å². The molecular weight excluding hydrogens is 376 g/mol. The second-order valence-corrected chi connectivity index (χ2v) is 8.37. The minimum atomic E-state index is -3.91. The number of halogens is 1. The predicted octanol–water partition coefficient (Wildman–Crippen LogP) is 3.74. The third-order valence-corrected chi connectivity index (χ3v) is 5.92. The first kappa shape index (κ1) is 18.5. The standard InChI is InChI=1S/C18H19ClN2O4S/c1-11-9-15(11)18(22)20-14-7-8-16(25-2)17(10-14)26(23,24)21-13-5-3-12(19)4-6-13/h3-8,10-11,15,21H,9H2,1-2H3,(H,20,22). The lowest BCUT2D eigenvalue weighted by atomic mass is 10.2. The maximum absolute atomic E-state index is 12.8. The van der Waals surface area contributed by atoms with Crippen molar-refractivity contribution in [2.24, 2.45) is 11.8 Å². The van der Waals surface area contributed by atoms with E-state index in [1.165, 1.54) is 19.2 Å². The van der Waals surface area contributed by atoms with Crippen molar-refractivity contribution in [3.05, 3.63) is 47.5 Å². The maximum Gasteiger partial charge on any atom is 0.265 e. The van der Waals surface area contributed by atoms with E-state index in [1.807, 2.05) is 6.92 Å². The van der Waals surface area contributed by atoms with E-state index in [-0.39, 0.29) is 22.5 Å². The van der Waals surface area contributed by atoms with Crippen LogP contribution in [0, 0.1) is 11.8 Å². The summed E-state index contributed by atoms with van der Waals surface area (Å²) < 4.78 is 33.2. The first-order valence-electron chi connectivity index (χ1n) is 8.07. The molecule has 26 heavy (non-hydrogen) atoms. The van der Waals surface area contributed by atoms with Crippen LogP contribution in [-0.4, -0.2) is 21.4 Å². The Morgan fingerprint density at radius 3 is 2.35 bits per heavy atom. The normalized spacial score (nSPS) is 18.9. The molecule has 2 aromatic rings. The number of nitrogens with one attached hydrogen (secondary N) is 2. The molecule has 0 bridgehead atoms. The van der Waals surface area contributed by atoms with E-state index < -0.39 is 10.0 Å². The van der Waals surface area contributed by atoms with Crippen LogP contribution in [0.15, 0.2) is 47.4 Å².